The van der Waals surface area contributed by atoms with Crippen LogP contribution < -0.4 is 10.1 Å². The van der Waals surface area contributed by atoms with E-state index in [1.807, 2.05) is 6.07 Å². The number of hydrogen-bond acceptors (Lipinski definition) is 4. The van der Waals surface area contributed by atoms with Gasteiger partial charge in [-0.15, -0.1) is 0 Å². The number of rotatable bonds is 7. The van der Waals surface area contributed by atoms with Crippen LogP contribution >= 0.6 is 0 Å². The van der Waals surface area contributed by atoms with Crippen molar-refractivity contribution < 1.29 is 4.74 Å². The van der Waals surface area contributed by atoms with Gasteiger partial charge >= 0.3 is 0 Å². The summed E-state index contributed by atoms with van der Waals surface area (Å²) in [6.07, 6.45) is 6.43. The maximum Gasteiger partial charge on any atom is 0.148 e. The Hall–Kier alpha value is -2.88. The van der Waals surface area contributed by atoms with E-state index in [0.29, 0.717) is 0 Å². The second-order valence-corrected chi connectivity index (χ2v) is 8.33. The molecule has 0 saturated heterocycles. The van der Waals surface area contributed by atoms with Crippen LogP contribution in [0.15, 0.2) is 42.5 Å². The summed E-state index contributed by atoms with van der Waals surface area (Å²) in [5.74, 6) is 1.79. The Morgan fingerprint density at radius 3 is 2.26 bits per heavy atom. The lowest BCUT2D eigenvalue weighted by Crippen LogP contribution is -2.13. The van der Waals surface area contributed by atoms with Crippen molar-refractivity contribution in [3.63, 3.8) is 0 Å². The molecule has 4 heteroatoms. The molecule has 1 N–H and O–H groups in total. The van der Waals surface area contributed by atoms with E-state index in [4.69, 9.17) is 14.7 Å². The topological polar surface area (TPSA) is 47.0 Å². The monoisotopic (exact) mass is 415 g/mol. The standard InChI is InChI=1S/C27H33N3O/c1-5-23-26(22-16-20-14-10-11-15-21(20)17-25(22)31-4)29-24(6-2)27(30-23)28-18(3)19-12-8-7-9-13-19/h7-9,12-13,16-18H,5-6,10-11,14-15H2,1-4H3,(H,28,30). The van der Waals surface area contributed by atoms with E-state index in [0.717, 1.165) is 59.9 Å². The summed E-state index contributed by atoms with van der Waals surface area (Å²) in [6, 6.07) is 15.2. The second-order valence-electron chi connectivity index (χ2n) is 8.33. The number of anilines is 1. The van der Waals surface area contributed by atoms with Crippen LogP contribution in [0.3, 0.4) is 0 Å². The summed E-state index contributed by atoms with van der Waals surface area (Å²) in [7, 11) is 1.76. The van der Waals surface area contributed by atoms with Gasteiger partial charge in [0.15, 0.2) is 0 Å². The van der Waals surface area contributed by atoms with E-state index >= 15 is 0 Å². The van der Waals surface area contributed by atoms with E-state index in [9.17, 15) is 0 Å². The molecule has 0 fully saturated rings. The quantitative estimate of drug-likeness (QED) is 0.490. The molecule has 2 aromatic carbocycles. The van der Waals surface area contributed by atoms with Crippen molar-refractivity contribution in [2.75, 3.05) is 12.4 Å². The van der Waals surface area contributed by atoms with Crippen LogP contribution in [0.25, 0.3) is 11.3 Å². The fourth-order valence-corrected chi connectivity index (χ4v) is 4.48. The molecular formula is C27H33N3O. The summed E-state index contributed by atoms with van der Waals surface area (Å²) in [5.41, 5.74) is 8.13. The highest BCUT2D eigenvalue weighted by Crippen LogP contribution is 2.37. The molecule has 1 atom stereocenters. The van der Waals surface area contributed by atoms with Crippen molar-refractivity contribution in [1.82, 2.24) is 9.97 Å². The molecule has 0 spiro atoms. The number of hydrogen-bond donors (Lipinski definition) is 1. The summed E-state index contributed by atoms with van der Waals surface area (Å²) < 4.78 is 5.81. The van der Waals surface area contributed by atoms with Gasteiger partial charge in [0.05, 0.1) is 30.2 Å². The Morgan fingerprint density at radius 1 is 0.935 bits per heavy atom. The maximum atomic E-state index is 5.81. The number of aryl methyl sites for hydroxylation is 4. The Balaban J connectivity index is 1.76. The van der Waals surface area contributed by atoms with Gasteiger partial charge in [-0.1, -0.05) is 44.2 Å². The van der Waals surface area contributed by atoms with Gasteiger partial charge in [-0.2, -0.15) is 0 Å². The van der Waals surface area contributed by atoms with Crippen LogP contribution in [0.2, 0.25) is 0 Å². The summed E-state index contributed by atoms with van der Waals surface area (Å²) in [5, 5.41) is 3.60. The smallest absolute Gasteiger partial charge is 0.148 e. The third-order valence-electron chi connectivity index (χ3n) is 6.28. The molecule has 162 valence electrons. The van der Waals surface area contributed by atoms with Crippen molar-refractivity contribution in [2.24, 2.45) is 0 Å². The van der Waals surface area contributed by atoms with Crippen molar-refractivity contribution in [3.8, 4) is 17.0 Å². The van der Waals surface area contributed by atoms with Crippen molar-refractivity contribution in [3.05, 3.63) is 70.5 Å². The number of nitrogens with one attached hydrogen (secondary N) is 1. The molecule has 4 rings (SSSR count). The molecular weight excluding hydrogens is 382 g/mol. The minimum absolute atomic E-state index is 0.162. The SMILES string of the molecule is CCc1nc(-c2cc3c(cc2OC)CCCC3)c(CC)nc1NC(C)c1ccccc1. The molecule has 0 bridgehead atoms. The number of fused-ring (bicyclic) bond motifs is 1. The minimum Gasteiger partial charge on any atom is -0.496 e. The molecule has 4 nitrogen and oxygen atoms in total. The molecule has 1 aliphatic rings. The van der Waals surface area contributed by atoms with Gasteiger partial charge in [0.2, 0.25) is 0 Å². The fourth-order valence-electron chi connectivity index (χ4n) is 4.48. The first-order valence-corrected chi connectivity index (χ1v) is 11.6. The number of aromatic nitrogens is 2. The largest absolute Gasteiger partial charge is 0.496 e. The average molecular weight is 416 g/mol. The number of benzene rings is 2. The zero-order chi connectivity index (χ0) is 21.8. The molecule has 1 aliphatic carbocycles. The minimum atomic E-state index is 0.162. The Morgan fingerprint density at radius 2 is 1.61 bits per heavy atom. The lowest BCUT2D eigenvalue weighted by Gasteiger charge is -2.22. The highest BCUT2D eigenvalue weighted by molar-refractivity contribution is 5.72. The van der Waals surface area contributed by atoms with Crippen LogP contribution in [0.1, 0.15) is 67.7 Å². The molecule has 1 aromatic heterocycles. The first kappa shape index (κ1) is 21.4. The molecule has 0 aliphatic heterocycles. The van der Waals surface area contributed by atoms with Gasteiger partial charge in [0.25, 0.3) is 0 Å². The van der Waals surface area contributed by atoms with E-state index in [1.54, 1.807) is 7.11 Å². The normalized spacial score (nSPS) is 14.1. The second kappa shape index (κ2) is 9.51. The Bertz CT molecular complexity index is 1050. The van der Waals surface area contributed by atoms with Crippen LogP contribution in [0.4, 0.5) is 5.82 Å². The number of nitrogens with zero attached hydrogens (tertiary/aromatic N) is 2. The molecule has 1 heterocycles. The van der Waals surface area contributed by atoms with Crippen molar-refractivity contribution in [2.45, 2.75) is 65.3 Å². The Kier molecular flexibility index (Phi) is 6.55. The maximum absolute atomic E-state index is 5.81. The fraction of sp³-hybridized carbons (Fsp3) is 0.407. The molecule has 0 amide bonds. The van der Waals surface area contributed by atoms with E-state index in [-0.39, 0.29) is 6.04 Å². The predicted octanol–water partition coefficient (Wildman–Crippen LogP) is 6.33. The summed E-state index contributed by atoms with van der Waals surface area (Å²) >= 11 is 0. The van der Waals surface area contributed by atoms with Crippen molar-refractivity contribution >= 4 is 5.82 Å². The number of ether oxygens (including phenoxy) is 1. The van der Waals surface area contributed by atoms with Crippen molar-refractivity contribution in [1.29, 1.82) is 0 Å². The van der Waals surface area contributed by atoms with Gasteiger partial charge in [0, 0.05) is 5.56 Å². The Labute approximate surface area is 186 Å². The van der Waals surface area contributed by atoms with Gasteiger partial charge < -0.3 is 10.1 Å². The molecule has 0 saturated carbocycles. The van der Waals surface area contributed by atoms with Crippen LogP contribution in [-0.4, -0.2) is 17.1 Å². The first-order valence-electron chi connectivity index (χ1n) is 11.6. The van der Waals surface area contributed by atoms with Crippen LogP contribution in [0, 0.1) is 0 Å². The van der Waals surface area contributed by atoms with E-state index < -0.39 is 0 Å². The summed E-state index contributed by atoms with van der Waals surface area (Å²) in [4.78, 5) is 10.2. The third-order valence-corrected chi connectivity index (χ3v) is 6.28. The van der Waals surface area contributed by atoms with Gasteiger partial charge in [-0.25, -0.2) is 9.97 Å². The zero-order valence-electron chi connectivity index (χ0n) is 19.2. The number of methoxy groups -OCH3 is 1. The average Bonchev–Trinajstić information content (AvgIpc) is 2.83. The molecule has 3 aromatic rings. The predicted molar refractivity (Wildman–Crippen MR) is 128 cm³/mol. The molecule has 1 unspecified atom stereocenters. The van der Waals surface area contributed by atoms with Gasteiger partial charge in [-0.3, -0.25) is 0 Å². The highest BCUT2D eigenvalue weighted by Gasteiger charge is 2.21. The van der Waals surface area contributed by atoms with Gasteiger partial charge in [0.1, 0.15) is 11.6 Å². The lowest BCUT2D eigenvalue weighted by molar-refractivity contribution is 0.415. The zero-order valence-corrected chi connectivity index (χ0v) is 19.2. The summed E-state index contributed by atoms with van der Waals surface area (Å²) in [6.45, 7) is 6.46. The first-order chi connectivity index (χ1) is 15.1. The van der Waals surface area contributed by atoms with Crippen LogP contribution in [0.5, 0.6) is 5.75 Å². The van der Waals surface area contributed by atoms with Gasteiger partial charge in [-0.05, 0) is 74.3 Å². The highest BCUT2D eigenvalue weighted by atomic mass is 16.5. The van der Waals surface area contributed by atoms with E-state index in [2.05, 4.69) is 62.5 Å². The lowest BCUT2D eigenvalue weighted by atomic mass is 9.89. The molecule has 0 radical (unpaired) electrons. The third kappa shape index (κ3) is 4.43. The van der Waals surface area contributed by atoms with Crippen LogP contribution in [-0.2, 0) is 25.7 Å². The molecule has 31 heavy (non-hydrogen) atoms. The van der Waals surface area contributed by atoms with E-state index in [1.165, 1.54) is 29.5 Å².